The molecule has 0 saturated carbocycles. The van der Waals surface area contributed by atoms with E-state index in [1.807, 2.05) is 0 Å². The van der Waals surface area contributed by atoms with E-state index in [2.05, 4.69) is 0 Å². The Kier molecular flexibility index (Phi) is 7.66. The van der Waals surface area contributed by atoms with E-state index in [4.69, 9.17) is 0 Å². The van der Waals surface area contributed by atoms with E-state index in [0.29, 0.717) is 0 Å². The molecule has 2 nitrogen and oxygen atoms in total. The summed E-state index contributed by atoms with van der Waals surface area (Å²) in [6, 6.07) is 5.18. The summed E-state index contributed by atoms with van der Waals surface area (Å²) in [6.07, 6.45) is 2.89. The molecule has 0 radical (unpaired) electrons. The fourth-order valence-electron chi connectivity index (χ4n) is 0.383. The predicted octanol–water partition coefficient (Wildman–Crippen LogP) is 0.0474. The van der Waals surface area contributed by atoms with E-state index >= 15 is 0 Å². The monoisotopic (exact) mass is 191 g/mol. The Morgan fingerprint density at radius 3 is 1.67 bits per heavy atom. The molecule has 0 fully saturated rings. The fourth-order valence-corrected chi connectivity index (χ4v) is 0.383. The standard InChI is InChI=1S/C5H5NO.Cu.H2S/c7-6-4-2-1-3-5-6;;/h1-5H;;1H2/q;+1;/p-1. The van der Waals surface area contributed by atoms with Crippen molar-refractivity contribution >= 4 is 13.5 Å². The van der Waals surface area contributed by atoms with Crippen molar-refractivity contribution in [2.45, 2.75) is 0 Å². The molecule has 1 heterocycles. The summed E-state index contributed by atoms with van der Waals surface area (Å²) in [6.45, 7) is 0. The number of pyridine rings is 1. The summed E-state index contributed by atoms with van der Waals surface area (Å²) in [7, 11) is 0. The van der Waals surface area contributed by atoms with Crippen LogP contribution in [0, 0.1) is 5.21 Å². The first-order valence-electron chi connectivity index (χ1n) is 2.03. The van der Waals surface area contributed by atoms with Crippen molar-refractivity contribution in [2.75, 3.05) is 0 Å². The smallest absolute Gasteiger partial charge is 0.813 e. The van der Waals surface area contributed by atoms with Gasteiger partial charge in [0, 0.05) is 12.1 Å². The largest absolute Gasteiger partial charge is 1.00 e. The van der Waals surface area contributed by atoms with Crippen LogP contribution in [0.5, 0.6) is 0 Å². The van der Waals surface area contributed by atoms with Gasteiger partial charge in [0.25, 0.3) is 0 Å². The summed E-state index contributed by atoms with van der Waals surface area (Å²) < 4.78 is 0.750. The number of aromatic nitrogens is 1. The Hall–Kier alpha value is -0.181. The van der Waals surface area contributed by atoms with E-state index in [-0.39, 0.29) is 30.6 Å². The van der Waals surface area contributed by atoms with Crippen molar-refractivity contribution < 1.29 is 21.8 Å². The molecule has 0 aliphatic heterocycles. The Labute approximate surface area is 71.4 Å². The molecular weight excluding hydrogens is 186 g/mol. The first kappa shape index (κ1) is 11.6. The first-order valence-corrected chi connectivity index (χ1v) is 2.03. The van der Waals surface area contributed by atoms with Crippen LogP contribution in [0.25, 0.3) is 0 Å². The minimum atomic E-state index is 0. The molecule has 0 aliphatic rings. The maximum atomic E-state index is 10.2. The molecule has 0 aliphatic carbocycles. The summed E-state index contributed by atoms with van der Waals surface area (Å²) in [4.78, 5) is 0. The Morgan fingerprint density at radius 1 is 1.00 bits per heavy atom. The molecule has 0 amide bonds. The van der Waals surface area contributed by atoms with Crippen molar-refractivity contribution in [3.05, 3.63) is 35.8 Å². The Bertz CT molecular complexity index is 147. The van der Waals surface area contributed by atoms with Gasteiger partial charge in [-0.25, -0.2) is 0 Å². The van der Waals surface area contributed by atoms with Crippen LogP contribution < -0.4 is 4.73 Å². The molecule has 0 bridgehead atoms. The number of hydrogen-bond acceptors (Lipinski definition) is 2. The summed E-state index contributed by atoms with van der Waals surface area (Å²) in [5.41, 5.74) is 0. The van der Waals surface area contributed by atoms with Gasteiger partial charge in [0.1, 0.15) is 0 Å². The number of hydrogen-bond donors (Lipinski definition) is 0. The number of rotatable bonds is 0. The molecule has 0 aromatic carbocycles. The molecule has 0 atom stereocenters. The predicted molar refractivity (Wildman–Crippen MR) is 34.2 cm³/mol. The molecule has 1 aromatic rings. The zero-order valence-corrected chi connectivity index (χ0v) is 6.33. The second kappa shape index (κ2) is 5.95. The third-order valence-electron chi connectivity index (χ3n) is 0.688. The third-order valence-corrected chi connectivity index (χ3v) is 0.688. The minimum Gasteiger partial charge on any atom is -0.813 e. The summed E-state index contributed by atoms with van der Waals surface area (Å²) in [5, 5.41) is 10.2. The zero-order valence-electron chi connectivity index (χ0n) is 4.49. The van der Waals surface area contributed by atoms with Crippen molar-refractivity contribution in [3.63, 3.8) is 0 Å². The molecule has 1 aromatic heterocycles. The average Bonchev–Trinajstić information content (AvgIpc) is 1.69. The Morgan fingerprint density at radius 2 is 1.44 bits per heavy atom. The van der Waals surface area contributed by atoms with Crippen LogP contribution in [0.4, 0.5) is 0 Å². The van der Waals surface area contributed by atoms with Crippen molar-refractivity contribution in [1.29, 1.82) is 0 Å². The number of thiol groups is 1. The molecule has 0 N–H and O–H groups in total. The maximum Gasteiger partial charge on any atom is 1.00 e. The molecular formula is C5H6CuNOS. The average molecular weight is 192 g/mol. The normalized spacial score (nSPS) is 6.67. The van der Waals surface area contributed by atoms with Crippen LogP contribution in [-0.4, -0.2) is 0 Å². The van der Waals surface area contributed by atoms with Gasteiger partial charge < -0.3 is 18.7 Å². The van der Waals surface area contributed by atoms with Gasteiger partial charge in [-0.05, 0) is 0 Å². The Balaban J connectivity index is 0. The van der Waals surface area contributed by atoms with E-state index in [0.717, 1.165) is 4.73 Å². The molecule has 0 unspecified atom stereocenters. The molecule has 0 spiro atoms. The minimum absolute atomic E-state index is 0. The zero-order chi connectivity index (χ0) is 5.11. The van der Waals surface area contributed by atoms with Crippen LogP contribution in [0.3, 0.4) is 0 Å². The van der Waals surface area contributed by atoms with Crippen LogP contribution >= 0.6 is 0 Å². The van der Waals surface area contributed by atoms with E-state index in [9.17, 15) is 5.21 Å². The van der Waals surface area contributed by atoms with Crippen molar-refractivity contribution in [2.24, 2.45) is 0 Å². The van der Waals surface area contributed by atoms with Crippen LogP contribution in [0.2, 0.25) is 0 Å². The van der Waals surface area contributed by atoms with Crippen LogP contribution in [0.1, 0.15) is 0 Å². The quantitative estimate of drug-likeness (QED) is 0.191. The maximum absolute atomic E-state index is 10.2. The second-order valence-corrected chi connectivity index (χ2v) is 1.24. The fraction of sp³-hybridized carbons (Fsp3) is 0. The van der Waals surface area contributed by atoms with Gasteiger partial charge >= 0.3 is 17.1 Å². The number of nitrogens with zero attached hydrogens (tertiary/aromatic N) is 1. The van der Waals surface area contributed by atoms with E-state index in [1.165, 1.54) is 12.4 Å². The van der Waals surface area contributed by atoms with Gasteiger partial charge in [-0.2, -0.15) is 4.73 Å². The van der Waals surface area contributed by atoms with Crippen LogP contribution in [0.15, 0.2) is 30.6 Å². The topological polar surface area (TPSA) is 26.9 Å². The van der Waals surface area contributed by atoms with E-state index < -0.39 is 0 Å². The SMILES string of the molecule is [Cu+].[O-][n+]1ccccc1.[SH-]. The molecule has 1 rings (SSSR count). The summed E-state index contributed by atoms with van der Waals surface area (Å²) in [5.74, 6) is 0. The van der Waals surface area contributed by atoms with Gasteiger partial charge in [-0.1, -0.05) is 6.07 Å². The van der Waals surface area contributed by atoms with Gasteiger partial charge in [0.2, 0.25) is 0 Å². The van der Waals surface area contributed by atoms with Gasteiger partial charge in [0.15, 0.2) is 12.4 Å². The molecule has 9 heavy (non-hydrogen) atoms. The molecule has 0 saturated heterocycles. The van der Waals surface area contributed by atoms with Crippen molar-refractivity contribution in [1.82, 2.24) is 0 Å². The summed E-state index contributed by atoms with van der Waals surface area (Å²) >= 11 is 0. The third kappa shape index (κ3) is 4.33. The van der Waals surface area contributed by atoms with Gasteiger partial charge in [-0.3, -0.25) is 0 Å². The van der Waals surface area contributed by atoms with Gasteiger partial charge in [0.05, 0.1) is 0 Å². The van der Waals surface area contributed by atoms with Crippen molar-refractivity contribution in [3.8, 4) is 0 Å². The van der Waals surface area contributed by atoms with Gasteiger partial charge in [-0.15, -0.1) is 0 Å². The second-order valence-electron chi connectivity index (χ2n) is 1.24. The first-order chi connectivity index (χ1) is 3.39. The van der Waals surface area contributed by atoms with Crippen LogP contribution in [-0.2, 0) is 30.6 Å². The molecule has 54 valence electrons. The molecule has 4 heteroatoms. The van der Waals surface area contributed by atoms with E-state index in [1.54, 1.807) is 18.2 Å².